The molecule has 6 nitrogen and oxygen atoms in total. The first-order chi connectivity index (χ1) is 7.72. The molecule has 0 fully saturated rings. The van der Waals surface area contributed by atoms with Crippen LogP contribution in [0.4, 0.5) is 10.6 Å². The minimum Gasteiger partial charge on any atom is -0.338 e. The van der Waals surface area contributed by atoms with Crippen molar-refractivity contribution in [3.63, 3.8) is 0 Å². The van der Waals surface area contributed by atoms with Gasteiger partial charge in [-0.3, -0.25) is 10.00 Å². The quantitative estimate of drug-likeness (QED) is 0.671. The van der Waals surface area contributed by atoms with E-state index < -0.39 is 0 Å². The second kappa shape index (κ2) is 4.52. The maximum atomic E-state index is 11.5. The van der Waals surface area contributed by atoms with E-state index >= 15 is 0 Å². The molecule has 1 aromatic heterocycles. The Hall–Kier alpha value is -1.56. The van der Waals surface area contributed by atoms with Crippen molar-refractivity contribution in [2.75, 3.05) is 18.4 Å². The van der Waals surface area contributed by atoms with Crippen LogP contribution in [0.1, 0.15) is 18.2 Å². The SMILES string of the molecule is CCNC(=O)Nc1c2c(nn1C)CCNC2. The summed E-state index contributed by atoms with van der Waals surface area (Å²) in [7, 11) is 1.85. The lowest BCUT2D eigenvalue weighted by molar-refractivity contribution is 0.252. The number of aryl methyl sites for hydroxylation is 1. The Bertz CT molecular complexity index is 398. The second-order valence-electron chi connectivity index (χ2n) is 3.81. The van der Waals surface area contributed by atoms with E-state index in [-0.39, 0.29) is 6.03 Å². The van der Waals surface area contributed by atoms with E-state index in [1.165, 1.54) is 0 Å². The highest BCUT2D eigenvalue weighted by Gasteiger charge is 2.19. The number of nitrogens with zero attached hydrogens (tertiary/aromatic N) is 2. The normalized spacial score (nSPS) is 14.4. The summed E-state index contributed by atoms with van der Waals surface area (Å²) in [6.45, 7) is 4.22. The molecule has 1 aliphatic rings. The maximum Gasteiger partial charge on any atom is 0.320 e. The van der Waals surface area contributed by atoms with Crippen molar-refractivity contribution in [3.8, 4) is 0 Å². The van der Waals surface area contributed by atoms with Gasteiger partial charge in [0, 0.05) is 38.7 Å². The molecule has 2 amide bonds. The molecule has 0 aliphatic carbocycles. The van der Waals surface area contributed by atoms with Gasteiger partial charge in [-0.15, -0.1) is 0 Å². The smallest absolute Gasteiger partial charge is 0.320 e. The minimum absolute atomic E-state index is 0.182. The third kappa shape index (κ3) is 2.01. The second-order valence-corrected chi connectivity index (χ2v) is 3.81. The average Bonchev–Trinajstić information content (AvgIpc) is 2.56. The van der Waals surface area contributed by atoms with Gasteiger partial charge in [-0.05, 0) is 6.92 Å². The van der Waals surface area contributed by atoms with E-state index in [9.17, 15) is 4.79 Å². The van der Waals surface area contributed by atoms with Crippen molar-refractivity contribution < 1.29 is 4.79 Å². The first kappa shape index (κ1) is 10.9. The summed E-state index contributed by atoms with van der Waals surface area (Å²) in [5.74, 6) is 0.785. The first-order valence-electron chi connectivity index (χ1n) is 5.52. The topological polar surface area (TPSA) is 71.0 Å². The Morgan fingerprint density at radius 1 is 1.62 bits per heavy atom. The fraction of sp³-hybridized carbons (Fsp3) is 0.600. The monoisotopic (exact) mass is 223 g/mol. The largest absolute Gasteiger partial charge is 0.338 e. The lowest BCUT2D eigenvalue weighted by Crippen LogP contribution is -2.30. The zero-order chi connectivity index (χ0) is 11.5. The molecule has 0 saturated heterocycles. The number of hydrogen-bond donors (Lipinski definition) is 3. The number of carbonyl (C=O) groups excluding carboxylic acids is 1. The molecule has 6 heteroatoms. The molecule has 0 saturated carbocycles. The number of fused-ring (bicyclic) bond motifs is 1. The lowest BCUT2D eigenvalue weighted by Gasteiger charge is -2.13. The van der Waals surface area contributed by atoms with Gasteiger partial charge < -0.3 is 10.6 Å². The van der Waals surface area contributed by atoms with Crippen LogP contribution in [0.5, 0.6) is 0 Å². The third-order valence-electron chi connectivity index (χ3n) is 2.64. The highest BCUT2D eigenvalue weighted by Crippen LogP contribution is 2.21. The van der Waals surface area contributed by atoms with Crippen molar-refractivity contribution >= 4 is 11.8 Å². The number of hydrogen-bond acceptors (Lipinski definition) is 3. The highest BCUT2D eigenvalue weighted by molar-refractivity contribution is 5.89. The molecule has 0 atom stereocenters. The average molecular weight is 223 g/mol. The number of amides is 2. The summed E-state index contributed by atoms with van der Waals surface area (Å²) in [6, 6.07) is -0.182. The van der Waals surface area contributed by atoms with Crippen LogP contribution in [0.25, 0.3) is 0 Å². The zero-order valence-electron chi connectivity index (χ0n) is 9.63. The van der Waals surface area contributed by atoms with Crippen molar-refractivity contribution in [2.24, 2.45) is 7.05 Å². The standard InChI is InChI=1S/C10H17N5O/c1-3-12-10(16)13-9-7-6-11-5-4-8(7)14-15(9)2/h11H,3-6H2,1-2H3,(H2,12,13,16). The number of nitrogens with one attached hydrogen (secondary N) is 3. The highest BCUT2D eigenvalue weighted by atomic mass is 16.2. The molecule has 0 unspecified atom stereocenters. The van der Waals surface area contributed by atoms with E-state index in [0.717, 1.165) is 36.6 Å². The Morgan fingerprint density at radius 2 is 2.44 bits per heavy atom. The van der Waals surface area contributed by atoms with Gasteiger partial charge in [-0.25, -0.2) is 4.79 Å². The molecule has 1 aliphatic heterocycles. The van der Waals surface area contributed by atoms with Crippen LogP contribution < -0.4 is 16.0 Å². The molecule has 2 rings (SSSR count). The van der Waals surface area contributed by atoms with E-state index in [1.54, 1.807) is 4.68 Å². The molecule has 0 bridgehead atoms. The molecule has 16 heavy (non-hydrogen) atoms. The molecule has 3 N–H and O–H groups in total. The fourth-order valence-electron chi connectivity index (χ4n) is 1.90. The molecule has 0 aromatic carbocycles. The lowest BCUT2D eigenvalue weighted by atomic mass is 10.1. The molecule has 0 radical (unpaired) electrons. The van der Waals surface area contributed by atoms with Crippen molar-refractivity contribution in [2.45, 2.75) is 19.9 Å². The fourth-order valence-corrected chi connectivity index (χ4v) is 1.90. The summed E-state index contributed by atoms with van der Waals surface area (Å²) >= 11 is 0. The maximum absolute atomic E-state index is 11.5. The Kier molecular flexibility index (Phi) is 3.09. The van der Waals surface area contributed by atoms with E-state index in [2.05, 4.69) is 21.0 Å². The number of rotatable bonds is 2. The van der Waals surface area contributed by atoms with Crippen LogP contribution in [0.2, 0.25) is 0 Å². The predicted octanol–water partition coefficient (Wildman–Crippen LogP) is 0.207. The number of carbonyl (C=O) groups is 1. The third-order valence-corrected chi connectivity index (χ3v) is 2.64. The van der Waals surface area contributed by atoms with Gasteiger partial charge >= 0.3 is 6.03 Å². The molecule has 88 valence electrons. The van der Waals surface area contributed by atoms with Gasteiger partial charge in [0.15, 0.2) is 0 Å². The van der Waals surface area contributed by atoms with Crippen LogP contribution in [0.15, 0.2) is 0 Å². The van der Waals surface area contributed by atoms with E-state index in [1.807, 2.05) is 14.0 Å². The molecular weight excluding hydrogens is 206 g/mol. The van der Waals surface area contributed by atoms with Crippen molar-refractivity contribution in [1.82, 2.24) is 20.4 Å². The molecule has 1 aromatic rings. The summed E-state index contributed by atoms with van der Waals surface area (Å²) in [4.78, 5) is 11.5. The minimum atomic E-state index is -0.182. The zero-order valence-corrected chi connectivity index (χ0v) is 9.63. The van der Waals surface area contributed by atoms with Gasteiger partial charge in [-0.1, -0.05) is 0 Å². The van der Waals surface area contributed by atoms with Crippen LogP contribution >= 0.6 is 0 Å². The first-order valence-corrected chi connectivity index (χ1v) is 5.52. The van der Waals surface area contributed by atoms with Gasteiger partial charge in [0.2, 0.25) is 0 Å². The van der Waals surface area contributed by atoms with E-state index in [4.69, 9.17) is 0 Å². The number of urea groups is 1. The van der Waals surface area contributed by atoms with Crippen LogP contribution in [-0.4, -0.2) is 28.9 Å². The van der Waals surface area contributed by atoms with Gasteiger partial charge in [0.05, 0.1) is 5.69 Å². The number of aromatic nitrogens is 2. The molecule has 0 spiro atoms. The van der Waals surface area contributed by atoms with Crippen molar-refractivity contribution in [1.29, 1.82) is 0 Å². The van der Waals surface area contributed by atoms with Crippen LogP contribution in [0.3, 0.4) is 0 Å². The summed E-state index contributed by atoms with van der Waals surface area (Å²) in [6.07, 6.45) is 0.917. The summed E-state index contributed by atoms with van der Waals surface area (Å²) < 4.78 is 1.73. The molecular formula is C10H17N5O. The predicted molar refractivity (Wildman–Crippen MR) is 61.3 cm³/mol. The Labute approximate surface area is 94.4 Å². The summed E-state index contributed by atoms with van der Waals surface area (Å²) in [5.41, 5.74) is 2.17. The number of anilines is 1. The van der Waals surface area contributed by atoms with E-state index in [0.29, 0.717) is 6.54 Å². The molecule has 2 heterocycles. The van der Waals surface area contributed by atoms with Gasteiger partial charge in [0.25, 0.3) is 0 Å². The Balaban J connectivity index is 2.19. The van der Waals surface area contributed by atoms with Crippen LogP contribution in [0, 0.1) is 0 Å². The summed E-state index contributed by atoms with van der Waals surface area (Å²) in [5, 5.41) is 13.2. The van der Waals surface area contributed by atoms with Gasteiger partial charge in [-0.2, -0.15) is 5.10 Å². The van der Waals surface area contributed by atoms with Crippen molar-refractivity contribution in [3.05, 3.63) is 11.3 Å². The van der Waals surface area contributed by atoms with Crippen LogP contribution in [-0.2, 0) is 20.0 Å². The van der Waals surface area contributed by atoms with Gasteiger partial charge in [0.1, 0.15) is 5.82 Å². The Morgan fingerprint density at radius 3 is 3.19 bits per heavy atom.